The van der Waals surface area contributed by atoms with E-state index in [9.17, 15) is 4.79 Å². The maximum atomic E-state index is 12.9. The summed E-state index contributed by atoms with van der Waals surface area (Å²) >= 11 is 1.81. The van der Waals surface area contributed by atoms with Gasteiger partial charge in [0.1, 0.15) is 0 Å². The summed E-state index contributed by atoms with van der Waals surface area (Å²) in [5, 5.41) is 5.52. The number of nitrogens with one attached hydrogen (secondary N) is 1. The van der Waals surface area contributed by atoms with Gasteiger partial charge in [0.05, 0.1) is 5.92 Å². The number of piperazine rings is 1. The van der Waals surface area contributed by atoms with Crippen LogP contribution in [-0.4, -0.2) is 36.0 Å². The molecule has 1 N–H and O–H groups in total. The lowest BCUT2D eigenvalue weighted by Gasteiger charge is -2.44. The molecule has 1 aromatic rings. The Morgan fingerprint density at radius 2 is 2.37 bits per heavy atom. The van der Waals surface area contributed by atoms with E-state index >= 15 is 0 Å². The van der Waals surface area contributed by atoms with Gasteiger partial charge < -0.3 is 10.2 Å². The Bertz CT molecular complexity index is 480. The molecule has 0 aromatic carbocycles. The number of hydrogen-bond acceptors (Lipinski definition) is 3. The van der Waals surface area contributed by atoms with Crippen molar-refractivity contribution >= 4 is 17.2 Å². The van der Waals surface area contributed by atoms with Gasteiger partial charge in [0, 0.05) is 30.1 Å². The number of aryl methyl sites for hydroxylation is 1. The number of nitrogens with zero attached hydrogens (tertiary/aromatic N) is 1. The van der Waals surface area contributed by atoms with Crippen LogP contribution in [0.3, 0.4) is 0 Å². The van der Waals surface area contributed by atoms with Crippen molar-refractivity contribution in [3.8, 4) is 0 Å². The van der Waals surface area contributed by atoms with Crippen LogP contribution >= 0.6 is 11.3 Å². The van der Waals surface area contributed by atoms with E-state index in [0.29, 0.717) is 5.91 Å². The van der Waals surface area contributed by atoms with Gasteiger partial charge in [-0.25, -0.2) is 0 Å². The molecule has 1 unspecified atom stereocenters. The normalized spacial score (nSPS) is 26.0. The van der Waals surface area contributed by atoms with Crippen molar-refractivity contribution in [2.75, 3.05) is 19.6 Å². The first-order chi connectivity index (χ1) is 9.09. The van der Waals surface area contributed by atoms with E-state index < -0.39 is 0 Å². The van der Waals surface area contributed by atoms with E-state index in [-0.39, 0.29) is 11.5 Å². The highest BCUT2D eigenvalue weighted by Gasteiger charge is 2.38. The average molecular weight is 278 g/mol. The van der Waals surface area contributed by atoms with Crippen molar-refractivity contribution in [3.63, 3.8) is 0 Å². The first kappa shape index (κ1) is 13.1. The summed E-state index contributed by atoms with van der Waals surface area (Å²) < 4.78 is 0. The topological polar surface area (TPSA) is 32.3 Å². The smallest absolute Gasteiger partial charge is 0.230 e. The maximum absolute atomic E-state index is 12.9. The number of fused-ring (bicyclic) bond motifs is 1. The Morgan fingerprint density at radius 3 is 3.16 bits per heavy atom. The van der Waals surface area contributed by atoms with Gasteiger partial charge in [0.2, 0.25) is 5.91 Å². The average Bonchev–Trinajstić information content (AvgIpc) is 2.85. The van der Waals surface area contributed by atoms with Crippen LogP contribution in [0.15, 0.2) is 11.4 Å². The van der Waals surface area contributed by atoms with Crippen molar-refractivity contribution in [2.24, 2.45) is 0 Å². The zero-order chi connectivity index (χ0) is 13.5. The molecule has 0 saturated carbocycles. The Labute approximate surface area is 119 Å². The molecular formula is C15H22N2OS. The molecule has 0 bridgehead atoms. The number of carbonyl (C=O) groups excluding carboxylic acids is 1. The first-order valence-electron chi connectivity index (χ1n) is 7.18. The Morgan fingerprint density at radius 1 is 1.53 bits per heavy atom. The second-order valence-corrected chi connectivity index (χ2v) is 7.22. The first-order valence-corrected chi connectivity index (χ1v) is 8.06. The van der Waals surface area contributed by atoms with Crippen LogP contribution in [0.1, 0.15) is 43.0 Å². The van der Waals surface area contributed by atoms with Gasteiger partial charge in [-0.2, -0.15) is 0 Å². The van der Waals surface area contributed by atoms with E-state index in [2.05, 4.69) is 35.5 Å². The lowest BCUT2D eigenvalue weighted by atomic mass is 9.85. The fourth-order valence-corrected chi connectivity index (χ4v) is 4.31. The molecule has 0 radical (unpaired) electrons. The molecule has 1 amide bonds. The fraction of sp³-hybridized carbons (Fsp3) is 0.667. The monoisotopic (exact) mass is 278 g/mol. The quantitative estimate of drug-likeness (QED) is 0.855. The van der Waals surface area contributed by atoms with Crippen LogP contribution in [0.2, 0.25) is 0 Å². The number of rotatable bonds is 1. The minimum Gasteiger partial charge on any atom is -0.334 e. The third-order valence-corrected chi connectivity index (χ3v) is 5.41. The van der Waals surface area contributed by atoms with Crippen molar-refractivity contribution < 1.29 is 4.79 Å². The highest BCUT2D eigenvalue weighted by Crippen LogP contribution is 2.37. The number of thiophene rings is 1. The SMILES string of the molecule is CC1(C)CNCCN1C(=O)C1CCCc2sccc21. The molecule has 1 atom stereocenters. The van der Waals surface area contributed by atoms with Crippen LogP contribution < -0.4 is 5.32 Å². The van der Waals surface area contributed by atoms with E-state index in [1.54, 1.807) is 0 Å². The highest BCUT2D eigenvalue weighted by molar-refractivity contribution is 7.10. The summed E-state index contributed by atoms with van der Waals surface area (Å²) in [5.41, 5.74) is 1.23. The molecule has 19 heavy (non-hydrogen) atoms. The van der Waals surface area contributed by atoms with Gasteiger partial charge in [-0.05, 0) is 50.1 Å². The number of carbonyl (C=O) groups is 1. The molecule has 4 heteroatoms. The summed E-state index contributed by atoms with van der Waals surface area (Å²) in [6.07, 6.45) is 3.32. The van der Waals surface area contributed by atoms with Crippen molar-refractivity contribution in [2.45, 2.75) is 44.6 Å². The van der Waals surface area contributed by atoms with Gasteiger partial charge in [-0.1, -0.05) is 0 Å². The summed E-state index contributed by atoms with van der Waals surface area (Å²) in [5.74, 6) is 0.443. The number of amides is 1. The fourth-order valence-electron chi connectivity index (χ4n) is 3.32. The standard InChI is InChI=1S/C15H22N2OS/c1-15(2)10-16-7-8-17(15)14(18)12-4-3-5-13-11(12)6-9-19-13/h6,9,12,16H,3-5,7-8,10H2,1-2H3. The minimum absolute atomic E-state index is 0.0665. The lowest BCUT2D eigenvalue weighted by Crippen LogP contribution is -2.60. The summed E-state index contributed by atoms with van der Waals surface area (Å²) in [4.78, 5) is 16.5. The molecular weight excluding hydrogens is 256 g/mol. The summed E-state index contributed by atoms with van der Waals surface area (Å²) in [7, 11) is 0. The molecule has 2 heterocycles. The molecule has 2 aliphatic rings. The predicted molar refractivity (Wildman–Crippen MR) is 78.7 cm³/mol. The van der Waals surface area contributed by atoms with Gasteiger partial charge in [-0.3, -0.25) is 4.79 Å². The molecule has 1 aliphatic carbocycles. The lowest BCUT2D eigenvalue weighted by molar-refractivity contribution is -0.139. The molecule has 1 saturated heterocycles. The predicted octanol–water partition coefficient (Wildman–Crippen LogP) is 2.38. The van der Waals surface area contributed by atoms with E-state index in [0.717, 1.165) is 38.9 Å². The van der Waals surface area contributed by atoms with Gasteiger partial charge in [-0.15, -0.1) is 11.3 Å². The van der Waals surface area contributed by atoms with Crippen LogP contribution in [0.5, 0.6) is 0 Å². The zero-order valence-corrected chi connectivity index (χ0v) is 12.6. The van der Waals surface area contributed by atoms with Crippen molar-refractivity contribution in [1.29, 1.82) is 0 Å². The third-order valence-electron chi connectivity index (χ3n) is 4.42. The third kappa shape index (κ3) is 2.32. The highest BCUT2D eigenvalue weighted by atomic mass is 32.1. The second kappa shape index (κ2) is 4.91. The van der Waals surface area contributed by atoms with Crippen LogP contribution in [0.4, 0.5) is 0 Å². The second-order valence-electron chi connectivity index (χ2n) is 6.22. The molecule has 1 aromatic heterocycles. The van der Waals surface area contributed by atoms with E-state index in [4.69, 9.17) is 0 Å². The molecule has 3 rings (SSSR count). The van der Waals surface area contributed by atoms with E-state index in [1.807, 2.05) is 11.3 Å². The number of hydrogen-bond donors (Lipinski definition) is 1. The molecule has 1 fully saturated rings. The van der Waals surface area contributed by atoms with Crippen LogP contribution in [0, 0.1) is 0 Å². The maximum Gasteiger partial charge on any atom is 0.230 e. The van der Waals surface area contributed by atoms with Crippen molar-refractivity contribution in [1.82, 2.24) is 10.2 Å². The summed E-state index contributed by atoms with van der Waals surface area (Å²) in [6, 6.07) is 2.16. The van der Waals surface area contributed by atoms with Crippen LogP contribution in [0.25, 0.3) is 0 Å². The Kier molecular flexibility index (Phi) is 3.39. The van der Waals surface area contributed by atoms with E-state index in [1.165, 1.54) is 10.4 Å². The zero-order valence-electron chi connectivity index (χ0n) is 11.7. The van der Waals surface area contributed by atoms with Gasteiger partial charge in [0.25, 0.3) is 0 Å². The minimum atomic E-state index is -0.0665. The van der Waals surface area contributed by atoms with Crippen molar-refractivity contribution in [3.05, 3.63) is 21.9 Å². The Balaban J connectivity index is 1.85. The molecule has 104 valence electrons. The van der Waals surface area contributed by atoms with Gasteiger partial charge >= 0.3 is 0 Å². The molecule has 0 spiro atoms. The largest absolute Gasteiger partial charge is 0.334 e. The molecule has 3 nitrogen and oxygen atoms in total. The Hall–Kier alpha value is -0.870. The van der Waals surface area contributed by atoms with Gasteiger partial charge in [0.15, 0.2) is 0 Å². The summed E-state index contributed by atoms with van der Waals surface area (Å²) in [6.45, 7) is 6.96. The van der Waals surface area contributed by atoms with Crippen LogP contribution in [-0.2, 0) is 11.2 Å². The molecule has 1 aliphatic heterocycles.